The lowest BCUT2D eigenvalue weighted by Crippen LogP contribution is -2.11. The first kappa shape index (κ1) is 36.8. The van der Waals surface area contributed by atoms with Crippen molar-refractivity contribution in [3.05, 3.63) is 142 Å². The molecule has 4 aromatic rings. The van der Waals surface area contributed by atoms with Gasteiger partial charge in [0.25, 0.3) is 0 Å². The number of para-hydroxylation sites is 2. The highest BCUT2D eigenvalue weighted by molar-refractivity contribution is 5.57. The first-order valence-electron chi connectivity index (χ1n) is 18.8. The van der Waals surface area contributed by atoms with Crippen LogP contribution in [0.3, 0.4) is 0 Å². The van der Waals surface area contributed by atoms with Crippen LogP contribution in [0.4, 0.5) is 0 Å². The SMILES string of the molecule is C=CCc1cc2c(OCCC)c(c1)Cc1cccc(c1OCCC)Cc1cc(CC=C)cc(c1OCCC)Cc1cccc(c1OCCC)C2. The molecule has 0 N–H and O–H groups in total. The minimum absolute atomic E-state index is 0.654. The number of rotatable bonds is 16. The molecule has 0 unspecified atom stereocenters. The summed E-state index contributed by atoms with van der Waals surface area (Å²) < 4.78 is 26.7. The minimum Gasteiger partial charge on any atom is -0.493 e. The second-order valence-electron chi connectivity index (χ2n) is 13.4. The van der Waals surface area contributed by atoms with Gasteiger partial charge in [-0.2, -0.15) is 0 Å². The van der Waals surface area contributed by atoms with Crippen molar-refractivity contribution < 1.29 is 18.9 Å². The highest BCUT2D eigenvalue weighted by Gasteiger charge is 2.23. The van der Waals surface area contributed by atoms with Gasteiger partial charge in [0, 0.05) is 25.7 Å². The van der Waals surface area contributed by atoms with Crippen molar-refractivity contribution in [3.8, 4) is 23.0 Å². The Labute approximate surface area is 301 Å². The van der Waals surface area contributed by atoms with Crippen LogP contribution in [0.1, 0.15) is 109 Å². The Balaban J connectivity index is 1.83. The molecule has 0 fully saturated rings. The average Bonchev–Trinajstić information content (AvgIpc) is 3.10. The minimum atomic E-state index is 0.654. The highest BCUT2D eigenvalue weighted by Crippen LogP contribution is 2.40. The molecule has 4 nitrogen and oxygen atoms in total. The Morgan fingerprint density at radius 2 is 0.700 bits per heavy atom. The molecule has 0 aromatic heterocycles. The maximum atomic E-state index is 6.67. The Kier molecular flexibility index (Phi) is 13.6. The summed E-state index contributed by atoms with van der Waals surface area (Å²) in [6.07, 6.45) is 12.1. The van der Waals surface area contributed by atoms with Gasteiger partial charge in [-0.05, 0) is 94.2 Å². The maximum absolute atomic E-state index is 6.67. The summed E-state index contributed by atoms with van der Waals surface area (Å²) in [7, 11) is 0. The third-order valence-corrected chi connectivity index (χ3v) is 9.05. The lowest BCUT2D eigenvalue weighted by Gasteiger charge is -2.23. The van der Waals surface area contributed by atoms with E-state index in [-0.39, 0.29) is 0 Å². The number of fused-ring (bicyclic) bond motifs is 8. The van der Waals surface area contributed by atoms with Crippen LogP contribution in [0.25, 0.3) is 0 Å². The molecule has 4 heteroatoms. The van der Waals surface area contributed by atoms with E-state index in [0.29, 0.717) is 52.1 Å². The standard InChI is InChI=1S/C46H56O4/c1-7-15-33-25-39-29-35-17-13-19-37(43(35)47-21-9-3)31-41-27-34(16-8-2)28-42(46(41)50-24-12-6)32-38-20-14-18-36(44(38)48-22-10-4)30-40(26-33)45(39)49-23-11-5/h7-8,13-14,17-20,25-28H,1-2,9-12,15-16,21-24,29-32H2,3-6H3. The van der Waals surface area contributed by atoms with Gasteiger partial charge < -0.3 is 18.9 Å². The predicted molar refractivity (Wildman–Crippen MR) is 208 cm³/mol. The molecule has 0 saturated heterocycles. The number of benzene rings is 4. The van der Waals surface area contributed by atoms with Crippen LogP contribution >= 0.6 is 0 Å². The lowest BCUT2D eigenvalue weighted by molar-refractivity contribution is 0.304. The fraction of sp³-hybridized carbons (Fsp3) is 0.391. The van der Waals surface area contributed by atoms with Crippen molar-refractivity contribution in [2.24, 2.45) is 0 Å². The first-order chi connectivity index (χ1) is 24.5. The van der Waals surface area contributed by atoms with Gasteiger partial charge in [-0.15, -0.1) is 13.2 Å². The molecule has 4 aromatic carbocycles. The van der Waals surface area contributed by atoms with Crippen LogP contribution in [0.5, 0.6) is 23.0 Å². The van der Waals surface area contributed by atoms with E-state index in [1.54, 1.807) is 0 Å². The quantitative estimate of drug-likeness (QED) is 0.0978. The van der Waals surface area contributed by atoms with Crippen molar-refractivity contribution >= 4 is 0 Å². The van der Waals surface area contributed by atoms with Crippen molar-refractivity contribution in [1.29, 1.82) is 0 Å². The fourth-order valence-electron chi connectivity index (χ4n) is 6.96. The molecule has 0 aliphatic heterocycles. The third kappa shape index (κ3) is 9.01. The lowest BCUT2D eigenvalue weighted by atomic mass is 9.89. The zero-order chi connectivity index (χ0) is 35.3. The van der Waals surface area contributed by atoms with Gasteiger partial charge in [0.05, 0.1) is 26.4 Å². The Hall–Kier alpha value is -4.44. The van der Waals surface area contributed by atoms with Gasteiger partial charge in [0.1, 0.15) is 23.0 Å². The predicted octanol–water partition coefficient (Wildman–Crippen LogP) is 11.0. The van der Waals surface area contributed by atoms with Crippen LogP contribution in [-0.2, 0) is 38.5 Å². The molecule has 0 saturated carbocycles. The summed E-state index contributed by atoms with van der Waals surface area (Å²) in [6.45, 7) is 19.4. The normalized spacial score (nSPS) is 12.2. The van der Waals surface area contributed by atoms with Crippen LogP contribution < -0.4 is 18.9 Å². The fourth-order valence-corrected chi connectivity index (χ4v) is 6.96. The molecule has 0 amide bonds. The van der Waals surface area contributed by atoms with Crippen molar-refractivity contribution in [3.63, 3.8) is 0 Å². The monoisotopic (exact) mass is 672 g/mol. The number of allylic oxidation sites excluding steroid dienone is 2. The molecule has 264 valence electrons. The van der Waals surface area contributed by atoms with Gasteiger partial charge in [-0.1, -0.05) is 101 Å². The van der Waals surface area contributed by atoms with Gasteiger partial charge in [-0.25, -0.2) is 0 Å². The highest BCUT2D eigenvalue weighted by atomic mass is 16.5. The Morgan fingerprint density at radius 3 is 0.940 bits per heavy atom. The summed E-state index contributed by atoms with van der Waals surface area (Å²) in [5, 5.41) is 0. The zero-order valence-corrected chi connectivity index (χ0v) is 30.9. The topological polar surface area (TPSA) is 36.9 Å². The zero-order valence-electron chi connectivity index (χ0n) is 30.9. The van der Waals surface area contributed by atoms with Crippen LogP contribution in [0.2, 0.25) is 0 Å². The summed E-state index contributed by atoms with van der Waals surface area (Å²) in [6, 6.07) is 22.5. The Morgan fingerprint density at radius 1 is 0.440 bits per heavy atom. The maximum Gasteiger partial charge on any atom is 0.126 e. The molecule has 1 aliphatic carbocycles. The van der Waals surface area contributed by atoms with Gasteiger partial charge in [-0.3, -0.25) is 0 Å². The average molecular weight is 673 g/mol. The van der Waals surface area contributed by atoms with E-state index in [4.69, 9.17) is 18.9 Å². The molecule has 0 spiro atoms. The summed E-state index contributed by atoms with van der Waals surface area (Å²) in [4.78, 5) is 0. The second kappa shape index (κ2) is 18.5. The molecule has 5 rings (SSSR count). The largest absolute Gasteiger partial charge is 0.493 e. The van der Waals surface area contributed by atoms with Crippen molar-refractivity contribution in [1.82, 2.24) is 0 Å². The number of ether oxygens (including phenoxy) is 4. The summed E-state index contributed by atoms with van der Waals surface area (Å²) >= 11 is 0. The molecule has 1 aliphatic rings. The van der Waals surface area contributed by atoms with Gasteiger partial charge in [0.2, 0.25) is 0 Å². The summed E-state index contributed by atoms with van der Waals surface area (Å²) in [5.74, 6) is 3.88. The van der Waals surface area contributed by atoms with E-state index < -0.39 is 0 Å². The molecule has 50 heavy (non-hydrogen) atoms. The van der Waals surface area contributed by atoms with Crippen LogP contribution in [0, 0.1) is 0 Å². The first-order valence-corrected chi connectivity index (χ1v) is 18.8. The molecule has 0 heterocycles. The molecular formula is C46H56O4. The van der Waals surface area contributed by atoms with E-state index in [9.17, 15) is 0 Å². The third-order valence-electron chi connectivity index (χ3n) is 9.05. The second-order valence-corrected chi connectivity index (χ2v) is 13.4. The number of hydrogen-bond acceptors (Lipinski definition) is 4. The molecule has 0 atom stereocenters. The van der Waals surface area contributed by atoms with E-state index in [1.165, 1.54) is 55.6 Å². The van der Waals surface area contributed by atoms with E-state index >= 15 is 0 Å². The van der Waals surface area contributed by atoms with Gasteiger partial charge in [0.15, 0.2) is 0 Å². The summed E-state index contributed by atoms with van der Waals surface area (Å²) in [5.41, 5.74) is 11.8. The molecule has 0 radical (unpaired) electrons. The van der Waals surface area contributed by atoms with Crippen LogP contribution in [0.15, 0.2) is 86.0 Å². The smallest absolute Gasteiger partial charge is 0.126 e. The van der Waals surface area contributed by atoms with E-state index in [2.05, 4.69) is 102 Å². The van der Waals surface area contributed by atoms with Crippen LogP contribution in [-0.4, -0.2) is 26.4 Å². The van der Waals surface area contributed by atoms with Crippen molar-refractivity contribution in [2.45, 2.75) is 91.9 Å². The number of hydrogen-bond donors (Lipinski definition) is 0. The van der Waals surface area contributed by atoms with Gasteiger partial charge >= 0.3 is 0 Å². The van der Waals surface area contributed by atoms with E-state index in [1.807, 2.05) is 12.2 Å². The van der Waals surface area contributed by atoms with Crippen molar-refractivity contribution in [2.75, 3.05) is 26.4 Å². The molecule has 8 bridgehead atoms. The molecular weight excluding hydrogens is 617 g/mol. The Bertz CT molecular complexity index is 1530. The van der Waals surface area contributed by atoms with E-state index in [0.717, 1.165) is 61.5 Å².